The summed E-state index contributed by atoms with van der Waals surface area (Å²) in [6.07, 6.45) is 10.8. The summed E-state index contributed by atoms with van der Waals surface area (Å²) in [7, 11) is 0. The molecule has 100 valence electrons. The predicted octanol–water partition coefficient (Wildman–Crippen LogP) is 3.57. The minimum absolute atomic E-state index is 0.262. The van der Waals surface area contributed by atoms with Crippen LogP contribution in [0.1, 0.15) is 62.1 Å². The summed E-state index contributed by atoms with van der Waals surface area (Å²) < 4.78 is 0. The van der Waals surface area contributed by atoms with Crippen molar-refractivity contribution in [2.75, 3.05) is 6.54 Å². The van der Waals surface area contributed by atoms with Crippen LogP contribution in [0.15, 0.2) is 18.2 Å². The maximum atomic E-state index is 5.55. The molecule has 0 bridgehead atoms. The molecule has 1 nitrogen and oxygen atoms in total. The standard InChI is InChI=1S/C18H23N/c1-4-13-5-8-16-14(12-19-15-6-7-15)9-10-18(2,3)17(16)11-13/h1,5,8,11,14-15,19H,6-7,9-10,12H2,2-3H3. The molecule has 0 aliphatic heterocycles. The van der Waals surface area contributed by atoms with Gasteiger partial charge in [0.05, 0.1) is 0 Å². The van der Waals surface area contributed by atoms with E-state index in [1.807, 2.05) is 0 Å². The SMILES string of the molecule is C#Cc1ccc2c(c1)C(C)(C)CCC2CNC1CC1. The van der Waals surface area contributed by atoms with Crippen LogP contribution in [0.3, 0.4) is 0 Å². The number of benzene rings is 1. The maximum absolute atomic E-state index is 5.55. The molecule has 2 aliphatic rings. The van der Waals surface area contributed by atoms with Crippen LogP contribution < -0.4 is 5.32 Å². The van der Waals surface area contributed by atoms with Crippen LogP contribution in [0, 0.1) is 12.3 Å². The highest BCUT2D eigenvalue weighted by atomic mass is 14.9. The van der Waals surface area contributed by atoms with E-state index in [4.69, 9.17) is 6.42 Å². The van der Waals surface area contributed by atoms with Crippen LogP contribution in [-0.2, 0) is 5.41 Å². The molecule has 0 saturated heterocycles. The van der Waals surface area contributed by atoms with Gasteiger partial charge in [0.1, 0.15) is 0 Å². The van der Waals surface area contributed by atoms with Crippen LogP contribution in [0.25, 0.3) is 0 Å². The van der Waals surface area contributed by atoms with Crippen molar-refractivity contribution in [3.8, 4) is 12.3 Å². The third kappa shape index (κ3) is 2.55. The van der Waals surface area contributed by atoms with Crippen molar-refractivity contribution < 1.29 is 0 Å². The smallest absolute Gasteiger partial charge is 0.0245 e. The molecule has 0 spiro atoms. The van der Waals surface area contributed by atoms with Crippen molar-refractivity contribution in [1.82, 2.24) is 5.32 Å². The lowest BCUT2D eigenvalue weighted by molar-refractivity contribution is 0.382. The van der Waals surface area contributed by atoms with Gasteiger partial charge in [-0.25, -0.2) is 0 Å². The second-order valence-electron chi connectivity index (χ2n) is 6.75. The van der Waals surface area contributed by atoms with Gasteiger partial charge in [-0.2, -0.15) is 0 Å². The maximum Gasteiger partial charge on any atom is 0.0245 e. The molecule has 1 N–H and O–H groups in total. The van der Waals surface area contributed by atoms with Gasteiger partial charge in [-0.1, -0.05) is 25.8 Å². The Kier molecular flexibility index (Phi) is 3.15. The monoisotopic (exact) mass is 253 g/mol. The number of terminal acetylenes is 1. The zero-order chi connectivity index (χ0) is 13.5. The van der Waals surface area contributed by atoms with Gasteiger partial charge in [-0.15, -0.1) is 6.42 Å². The van der Waals surface area contributed by atoms with E-state index in [1.54, 1.807) is 0 Å². The molecular weight excluding hydrogens is 230 g/mol. The van der Waals surface area contributed by atoms with Gasteiger partial charge in [0.25, 0.3) is 0 Å². The summed E-state index contributed by atoms with van der Waals surface area (Å²) in [4.78, 5) is 0. The third-order valence-corrected chi connectivity index (χ3v) is 4.74. The summed E-state index contributed by atoms with van der Waals surface area (Å²) in [6, 6.07) is 7.40. The van der Waals surface area contributed by atoms with E-state index >= 15 is 0 Å². The molecule has 1 atom stereocenters. The van der Waals surface area contributed by atoms with E-state index < -0.39 is 0 Å². The molecule has 0 aromatic heterocycles. The second kappa shape index (κ2) is 4.69. The Bertz CT molecular complexity index is 517. The molecule has 1 unspecified atom stereocenters. The topological polar surface area (TPSA) is 12.0 Å². The van der Waals surface area contributed by atoms with Crippen LogP contribution in [0.5, 0.6) is 0 Å². The largest absolute Gasteiger partial charge is 0.313 e. The zero-order valence-electron chi connectivity index (χ0n) is 12.0. The molecule has 1 fully saturated rings. The lowest BCUT2D eigenvalue weighted by Crippen LogP contribution is -2.32. The molecule has 3 rings (SSSR count). The van der Waals surface area contributed by atoms with Crippen molar-refractivity contribution in [2.45, 2.75) is 56.9 Å². The van der Waals surface area contributed by atoms with Gasteiger partial charge in [-0.05, 0) is 60.3 Å². The van der Waals surface area contributed by atoms with Gasteiger partial charge in [0.2, 0.25) is 0 Å². The van der Waals surface area contributed by atoms with Crippen molar-refractivity contribution >= 4 is 0 Å². The number of hydrogen-bond donors (Lipinski definition) is 1. The van der Waals surface area contributed by atoms with Crippen molar-refractivity contribution in [3.63, 3.8) is 0 Å². The molecule has 19 heavy (non-hydrogen) atoms. The Morgan fingerprint density at radius 3 is 2.79 bits per heavy atom. The molecular formula is C18H23N. The summed E-state index contributed by atoms with van der Waals surface area (Å²) in [5.74, 6) is 3.44. The van der Waals surface area contributed by atoms with E-state index in [9.17, 15) is 0 Å². The fourth-order valence-electron chi connectivity index (χ4n) is 3.22. The molecule has 1 aromatic rings. The highest BCUT2D eigenvalue weighted by Gasteiger charge is 2.33. The lowest BCUT2D eigenvalue weighted by Gasteiger charge is -2.37. The Balaban J connectivity index is 1.89. The van der Waals surface area contributed by atoms with Crippen molar-refractivity contribution in [2.24, 2.45) is 0 Å². The third-order valence-electron chi connectivity index (χ3n) is 4.74. The Labute approximate surface area is 116 Å². The first-order valence-corrected chi connectivity index (χ1v) is 7.44. The number of nitrogens with one attached hydrogen (secondary N) is 1. The quantitative estimate of drug-likeness (QED) is 0.812. The Morgan fingerprint density at radius 2 is 2.11 bits per heavy atom. The summed E-state index contributed by atoms with van der Waals surface area (Å²) in [6.45, 7) is 5.82. The molecule has 2 aliphatic carbocycles. The first kappa shape index (κ1) is 12.8. The average Bonchev–Trinajstić information content (AvgIpc) is 3.22. The van der Waals surface area contributed by atoms with Gasteiger partial charge in [0.15, 0.2) is 0 Å². The minimum atomic E-state index is 0.262. The zero-order valence-corrected chi connectivity index (χ0v) is 12.0. The summed E-state index contributed by atoms with van der Waals surface area (Å²) in [5, 5.41) is 3.68. The van der Waals surface area contributed by atoms with Crippen LogP contribution in [0.2, 0.25) is 0 Å². The van der Waals surface area contributed by atoms with Gasteiger partial charge < -0.3 is 5.32 Å². The minimum Gasteiger partial charge on any atom is -0.313 e. The normalized spacial score (nSPS) is 24.6. The van der Waals surface area contributed by atoms with E-state index in [2.05, 4.69) is 43.3 Å². The molecule has 0 heterocycles. The predicted molar refractivity (Wildman–Crippen MR) is 80.4 cm³/mol. The lowest BCUT2D eigenvalue weighted by atomic mass is 9.68. The van der Waals surface area contributed by atoms with E-state index in [0.717, 1.165) is 18.2 Å². The number of hydrogen-bond acceptors (Lipinski definition) is 1. The van der Waals surface area contributed by atoms with Gasteiger partial charge >= 0.3 is 0 Å². The van der Waals surface area contributed by atoms with Crippen LogP contribution in [-0.4, -0.2) is 12.6 Å². The molecule has 1 aromatic carbocycles. The van der Waals surface area contributed by atoms with Gasteiger partial charge in [0, 0.05) is 18.2 Å². The first-order chi connectivity index (χ1) is 9.10. The molecule has 1 heteroatoms. The first-order valence-electron chi connectivity index (χ1n) is 7.44. The molecule has 0 amide bonds. The Morgan fingerprint density at radius 1 is 1.32 bits per heavy atom. The number of fused-ring (bicyclic) bond motifs is 1. The highest BCUT2D eigenvalue weighted by molar-refractivity contribution is 5.46. The number of rotatable bonds is 3. The van der Waals surface area contributed by atoms with E-state index in [0.29, 0.717) is 5.92 Å². The fraction of sp³-hybridized carbons (Fsp3) is 0.556. The summed E-state index contributed by atoms with van der Waals surface area (Å²) >= 11 is 0. The van der Waals surface area contributed by atoms with Crippen molar-refractivity contribution in [3.05, 3.63) is 34.9 Å². The highest BCUT2D eigenvalue weighted by Crippen LogP contribution is 2.42. The van der Waals surface area contributed by atoms with Crippen LogP contribution >= 0.6 is 0 Å². The van der Waals surface area contributed by atoms with E-state index in [1.165, 1.54) is 36.8 Å². The molecule has 0 radical (unpaired) electrons. The fourth-order valence-corrected chi connectivity index (χ4v) is 3.22. The van der Waals surface area contributed by atoms with Crippen molar-refractivity contribution in [1.29, 1.82) is 0 Å². The molecule has 1 saturated carbocycles. The second-order valence-corrected chi connectivity index (χ2v) is 6.75. The van der Waals surface area contributed by atoms with Crippen LogP contribution in [0.4, 0.5) is 0 Å². The van der Waals surface area contributed by atoms with E-state index in [-0.39, 0.29) is 5.41 Å². The Hall–Kier alpha value is -1.26. The van der Waals surface area contributed by atoms with Gasteiger partial charge in [-0.3, -0.25) is 0 Å². The summed E-state index contributed by atoms with van der Waals surface area (Å²) in [5.41, 5.74) is 4.26. The average molecular weight is 253 g/mol.